The lowest BCUT2D eigenvalue weighted by Gasteiger charge is -2.27. The number of benzene rings is 1. The fraction of sp³-hybridized carbons (Fsp3) is 0.200. The van der Waals surface area contributed by atoms with Crippen LogP contribution in [-0.4, -0.2) is 23.1 Å². The van der Waals surface area contributed by atoms with Gasteiger partial charge in [0, 0.05) is 18.3 Å². The van der Waals surface area contributed by atoms with Crippen LogP contribution in [-0.2, 0) is 0 Å². The van der Waals surface area contributed by atoms with Crippen molar-refractivity contribution in [3.8, 4) is 0 Å². The molecule has 0 aliphatic heterocycles. The molecule has 4 nitrogen and oxygen atoms in total. The summed E-state index contributed by atoms with van der Waals surface area (Å²) < 4.78 is 0. The van der Waals surface area contributed by atoms with Gasteiger partial charge in [0.15, 0.2) is 0 Å². The van der Waals surface area contributed by atoms with Gasteiger partial charge < -0.3 is 10.0 Å². The van der Waals surface area contributed by atoms with E-state index < -0.39 is 5.97 Å². The number of carboxylic acids is 1. The van der Waals surface area contributed by atoms with Crippen LogP contribution in [0.4, 0.5) is 5.82 Å². The van der Waals surface area contributed by atoms with Crippen LogP contribution in [0, 0.1) is 0 Å². The number of hydrogen-bond donors (Lipinski definition) is 1. The fourth-order valence-electron chi connectivity index (χ4n) is 1.96. The SMILES string of the molecule is CC(c1ccc(Cl)cc1)N(C)c1ncc(C(=O)O)cc1Cl. The van der Waals surface area contributed by atoms with Gasteiger partial charge in [-0.15, -0.1) is 0 Å². The third-order valence-corrected chi connectivity index (χ3v) is 3.87. The van der Waals surface area contributed by atoms with Gasteiger partial charge in [-0.1, -0.05) is 35.3 Å². The van der Waals surface area contributed by atoms with E-state index in [4.69, 9.17) is 28.3 Å². The first-order chi connectivity index (χ1) is 9.90. The molecule has 110 valence electrons. The minimum absolute atomic E-state index is 0.0166. The molecule has 21 heavy (non-hydrogen) atoms. The zero-order valence-corrected chi connectivity index (χ0v) is 13.1. The van der Waals surface area contributed by atoms with Gasteiger partial charge in [-0.2, -0.15) is 0 Å². The van der Waals surface area contributed by atoms with Gasteiger partial charge in [0.2, 0.25) is 0 Å². The minimum atomic E-state index is -1.05. The average molecular weight is 325 g/mol. The third-order valence-electron chi connectivity index (χ3n) is 3.34. The summed E-state index contributed by atoms with van der Waals surface area (Å²) in [7, 11) is 1.86. The van der Waals surface area contributed by atoms with Crippen LogP contribution in [0.1, 0.15) is 28.9 Å². The number of halogens is 2. The Hall–Kier alpha value is -1.78. The van der Waals surface area contributed by atoms with Crippen molar-refractivity contribution in [1.29, 1.82) is 0 Å². The fourth-order valence-corrected chi connectivity index (χ4v) is 2.38. The summed E-state index contributed by atoms with van der Waals surface area (Å²) in [6.07, 6.45) is 1.30. The molecule has 1 aromatic carbocycles. The summed E-state index contributed by atoms with van der Waals surface area (Å²) >= 11 is 12.0. The molecule has 1 heterocycles. The number of aromatic carboxylic acids is 1. The molecule has 0 fully saturated rings. The number of anilines is 1. The van der Waals surface area contributed by atoms with Crippen molar-refractivity contribution in [3.05, 3.63) is 57.7 Å². The van der Waals surface area contributed by atoms with Crippen molar-refractivity contribution in [2.24, 2.45) is 0 Å². The number of carbonyl (C=O) groups is 1. The highest BCUT2D eigenvalue weighted by atomic mass is 35.5. The van der Waals surface area contributed by atoms with Gasteiger partial charge in [0.25, 0.3) is 0 Å². The number of nitrogens with zero attached hydrogens (tertiary/aromatic N) is 2. The highest BCUT2D eigenvalue weighted by molar-refractivity contribution is 6.33. The molecule has 0 bridgehead atoms. The minimum Gasteiger partial charge on any atom is -0.478 e. The Morgan fingerprint density at radius 1 is 1.29 bits per heavy atom. The third kappa shape index (κ3) is 3.46. The first kappa shape index (κ1) is 15.6. The Morgan fingerprint density at radius 3 is 2.43 bits per heavy atom. The molecule has 1 aromatic heterocycles. The summed E-state index contributed by atoms with van der Waals surface area (Å²) in [5, 5.41) is 9.91. The zero-order chi connectivity index (χ0) is 15.6. The highest BCUT2D eigenvalue weighted by Crippen LogP contribution is 2.30. The molecule has 0 radical (unpaired) electrons. The quantitative estimate of drug-likeness (QED) is 0.911. The van der Waals surface area contributed by atoms with E-state index in [1.54, 1.807) is 0 Å². The van der Waals surface area contributed by atoms with Crippen LogP contribution in [0.15, 0.2) is 36.5 Å². The molecule has 0 aliphatic carbocycles. The van der Waals surface area contributed by atoms with Crippen molar-refractivity contribution in [1.82, 2.24) is 4.98 Å². The standard InChI is InChI=1S/C15H14Cl2N2O2/c1-9(10-3-5-12(16)6-4-10)19(2)14-13(17)7-11(8-18-14)15(20)21/h3-9H,1-2H3,(H,20,21). The normalized spacial score (nSPS) is 12.0. The second-order valence-electron chi connectivity index (χ2n) is 4.67. The Morgan fingerprint density at radius 2 is 1.90 bits per heavy atom. The molecule has 1 atom stereocenters. The van der Waals surface area contributed by atoms with Gasteiger partial charge in [0.1, 0.15) is 5.82 Å². The lowest BCUT2D eigenvalue weighted by molar-refractivity contribution is 0.0696. The number of hydrogen-bond acceptors (Lipinski definition) is 3. The molecule has 2 aromatic rings. The van der Waals surface area contributed by atoms with Crippen molar-refractivity contribution in [2.75, 3.05) is 11.9 Å². The predicted octanol–water partition coefficient (Wildman–Crippen LogP) is 4.28. The second kappa shape index (κ2) is 6.33. The smallest absolute Gasteiger partial charge is 0.337 e. The van der Waals surface area contributed by atoms with Crippen LogP contribution in [0.5, 0.6) is 0 Å². The van der Waals surface area contributed by atoms with Crippen LogP contribution in [0.2, 0.25) is 10.0 Å². The summed E-state index contributed by atoms with van der Waals surface area (Å²) in [5.41, 5.74) is 1.12. The lowest BCUT2D eigenvalue weighted by atomic mass is 10.1. The number of carboxylic acid groups (broad SMARTS) is 1. The zero-order valence-electron chi connectivity index (χ0n) is 11.5. The first-order valence-corrected chi connectivity index (χ1v) is 7.03. The molecule has 1 N–H and O–H groups in total. The van der Waals surface area contributed by atoms with Crippen molar-refractivity contribution in [3.63, 3.8) is 0 Å². The van der Waals surface area contributed by atoms with Crippen LogP contribution < -0.4 is 4.90 Å². The van der Waals surface area contributed by atoms with Gasteiger partial charge in [-0.3, -0.25) is 0 Å². The molecule has 0 amide bonds. The van der Waals surface area contributed by atoms with E-state index >= 15 is 0 Å². The van der Waals surface area contributed by atoms with E-state index in [0.717, 1.165) is 5.56 Å². The molecule has 0 saturated carbocycles. The van der Waals surface area contributed by atoms with Gasteiger partial charge in [0.05, 0.1) is 16.6 Å². The summed E-state index contributed by atoms with van der Waals surface area (Å²) in [6.45, 7) is 2.01. The second-order valence-corrected chi connectivity index (χ2v) is 5.52. The number of aromatic nitrogens is 1. The highest BCUT2D eigenvalue weighted by Gasteiger charge is 2.17. The van der Waals surface area contributed by atoms with Gasteiger partial charge >= 0.3 is 5.97 Å². The van der Waals surface area contributed by atoms with Crippen molar-refractivity contribution < 1.29 is 9.90 Å². The van der Waals surface area contributed by atoms with E-state index in [9.17, 15) is 4.79 Å². The maximum Gasteiger partial charge on any atom is 0.337 e. The molecule has 1 unspecified atom stereocenters. The predicted molar refractivity (Wildman–Crippen MR) is 84.5 cm³/mol. The molecule has 2 rings (SSSR count). The number of pyridine rings is 1. The largest absolute Gasteiger partial charge is 0.478 e. The van der Waals surface area contributed by atoms with Gasteiger partial charge in [-0.05, 0) is 30.7 Å². The Labute approximate surface area is 132 Å². The molecular weight excluding hydrogens is 311 g/mol. The topological polar surface area (TPSA) is 53.4 Å². The molecular formula is C15H14Cl2N2O2. The van der Waals surface area contributed by atoms with E-state index in [1.165, 1.54) is 12.3 Å². The molecule has 6 heteroatoms. The van der Waals surface area contributed by atoms with Crippen LogP contribution in [0.3, 0.4) is 0 Å². The maximum atomic E-state index is 10.9. The maximum absolute atomic E-state index is 10.9. The summed E-state index contributed by atoms with van der Waals surface area (Å²) in [5.74, 6) is -0.520. The van der Waals surface area contributed by atoms with Crippen LogP contribution >= 0.6 is 23.2 Å². The van der Waals surface area contributed by atoms with Crippen LogP contribution in [0.25, 0.3) is 0 Å². The van der Waals surface area contributed by atoms with E-state index in [1.807, 2.05) is 43.1 Å². The Balaban J connectivity index is 2.28. The Bertz CT molecular complexity index is 659. The van der Waals surface area contributed by atoms with E-state index in [-0.39, 0.29) is 11.6 Å². The lowest BCUT2D eigenvalue weighted by Crippen LogP contribution is -2.23. The molecule has 0 saturated heterocycles. The molecule has 0 spiro atoms. The monoisotopic (exact) mass is 324 g/mol. The van der Waals surface area contributed by atoms with Gasteiger partial charge in [-0.25, -0.2) is 9.78 Å². The molecule has 0 aliphatic rings. The summed E-state index contributed by atoms with van der Waals surface area (Å²) in [6, 6.07) is 8.93. The van der Waals surface area contributed by atoms with E-state index in [0.29, 0.717) is 15.9 Å². The average Bonchev–Trinajstić information content (AvgIpc) is 2.46. The van der Waals surface area contributed by atoms with Crippen molar-refractivity contribution >= 4 is 35.0 Å². The van der Waals surface area contributed by atoms with E-state index in [2.05, 4.69) is 4.98 Å². The first-order valence-electron chi connectivity index (χ1n) is 6.27. The number of rotatable bonds is 4. The Kier molecular flexibility index (Phi) is 4.70. The summed E-state index contributed by atoms with van der Waals surface area (Å²) in [4.78, 5) is 16.9. The van der Waals surface area contributed by atoms with Crippen molar-refractivity contribution in [2.45, 2.75) is 13.0 Å².